The second-order valence-electron chi connectivity index (χ2n) is 6.30. The van der Waals surface area contributed by atoms with Crippen LogP contribution in [0, 0.1) is 11.3 Å². The fraction of sp³-hybridized carbons (Fsp3) is 0.273. The zero-order valence-electron chi connectivity index (χ0n) is 15.7. The van der Waals surface area contributed by atoms with E-state index < -0.39 is 5.91 Å². The summed E-state index contributed by atoms with van der Waals surface area (Å²) >= 11 is 6.26. The zero-order chi connectivity index (χ0) is 19.8. The van der Waals surface area contributed by atoms with Crippen molar-refractivity contribution in [2.75, 3.05) is 0 Å². The average molecular weight is 383 g/mol. The van der Waals surface area contributed by atoms with Gasteiger partial charge in [0.25, 0.3) is 5.91 Å². The van der Waals surface area contributed by atoms with Gasteiger partial charge in [-0.2, -0.15) is 5.26 Å². The van der Waals surface area contributed by atoms with Gasteiger partial charge >= 0.3 is 0 Å². The van der Waals surface area contributed by atoms with Crippen LogP contribution in [0.3, 0.4) is 0 Å². The number of amides is 1. The summed E-state index contributed by atoms with van der Waals surface area (Å²) in [6.45, 7) is 5.88. The predicted molar refractivity (Wildman–Crippen MR) is 108 cm³/mol. The van der Waals surface area contributed by atoms with Gasteiger partial charge in [-0.1, -0.05) is 54.9 Å². The monoisotopic (exact) mass is 382 g/mol. The summed E-state index contributed by atoms with van der Waals surface area (Å²) in [5.41, 5.74) is 1.65. The van der Waals surface area contributed by atoms with E-state index in [4.69, 9.17) is 16.3 Å². The topological polar surface area (TPSA) is 62.1 Å². The number of ether oxygens (including phenoxy) is 1. The summed E-state index contributed by atoms with van der Waals surface area (Å²) < 4.78 is 5.73. The highest BCUT2D eigenvalue weighted by Crippen LogP contribution is 2.27. The first-order chi connectivity index (χ1) is 12.9. The zero-order valence-corrected chi connectivity index (χ0v) is 16.5. The van der Waals surface area contributed by atoms with Crippen LogP contribution in [-0.4, -0.2) is 12.0 Å². The minimum atomic E-state index is -0.426. The van der Waals surface area contributed by atoms with Gasteiger partial charge in [0.15, 0.2) is 0 Å². The standard InChI is InChI=1S/C22H23ClN2O2/c1-4-15(2)27-21-11-10-17(13-20(21)23)12-19(14-24)22(26)25-16(3)18-8-6-5-7-9-18/h5-13,15-16H,4H2,1-3H3,(H,25,26)/b19-12-/t15-,16-/m1/s1. The van der Waals surface area contributed by atoms with Crippen LogP contribution in [0.4, 0.5) is 0 Å². The Kier molecular flexibility index (Phi) is 7.45. The Hall–Kier alpha value is -2.77. The smallest absolute Gasteiger partial charge is 0.262 e. The molecule has 0 aliphatic carbocycles. The molecule has 0 fully saturated rings. The molecule has 0 saturated heterocycles. The van der Waals surface area contributed by atoms with Crippen molar-refractivity contribution in [3.8, 4) is 11.8 Å². The number of nitrogens with zero attached hydrogens (tertiary/aromatic N) is 1. The molecule has 0 aliphatic heterocycles. The maximum Gasteiger partial charge on any atom is 0.262 e. The highest BCUT2D eigenvalue weighted by molar-refractivity contribution is 6.32. The number of halogens is 1. The maximum absolute atomic E-state index is 12.4. The number of benzene rings is 2. The van der Waals surface area contributed by atoms with Crippen LogP contribution in [0.5, 0.6) is 5.75 Å². The average Bonchev–Trinajstić information content (AvgIpc) is 2.68. The van der Waals surface area contributed by atoms with E-state index in [9.17, 15) is 10.1 Å². The predicted octanol–water partition coefficient (Wildman–Crippen LogP) is 5.30. The molecule has 4 nitrogen and oxygen atoms in total. The summed E-state index contributed by atoms with van der Waals surface area (Å²) in [7, 11) is 0. The van der Waals surface area contributed by atoms with Crippen LogP contribution in [-0.2, 0) is 4.79 Å². The highest BCUT2D eigenvalue weighted by atomic mass is 35.5. The lowest BCUT2D eigenvalue weighted by atomic mass is 10.1. The molecular formula is C22H23ClN2O2. The van der Waals surface area contributed by atoms with Crippen molar-refractivity contribution < 1.29 is 9.53 Å². The van der Waals surface area contributed by atoms with Gasteiger partial charge in [-0.15, -0.1) is 0 Å². The van der Waals surface area contributed by atoms with Crippen molar-refractivity contribution in [1.82, 2.24) is 5.32 Å². The van der Waals surface area contributed by atoms with Gasteiger partial charge < -0.3 is 10.1 Å². The van der Waals surface area contributed by atoms with Crippen LogP contribution in [0.2, 0.25) is 5.02 Å². The van der Waals surface area contributed by atoms with Gasteiger partial charge in [0.2, 0.25) is 0 Å². The van der Waals surface area contributed by atoms with Crippen molar-refractivity contribution in [2.24, 2.45) is 0 Å². The molecule has 0 radical (unpaired) electrons. The Bertz CT molecular complexity index is 856. The van der Waals surface area contributed by atoms with Crippen molar-refractivity contribution in [1.29, 1.82) is 5.26 Å². The molecule has 0 saturated carbocycles. The third-order valence-electron chi connectivity index (χ3n) is 4.18. The summed E-state index contributed by atoms with van der Waals surface area (Å²) in [6.07, 6.45) is 2.45. The molecule has 0 spiro atoms. The van der Waals surface area contributed by atoms with Gasteiger partial charge in [0.05, 0.1) is 17.2 Å². The van der Waals surface area contributed by atoms with E-state index in [1.807, 2.05) is 57.2 Å². The lowest BCUT2D eigenvalue weighted by Gasteiger charge is -2.14. The van der Waals surface area contributed by atoms with Crippen molar-refractivity contribution in [3.63, 3.8) is 0 Å². The van der Waals surface area contributed by atoms with Crippen LogP contribution in [0.15, 0.2) is 54.1 Å². The van der Waals surface area contributed by atoms with Gasteiger partial charge in [-0.25, -0.2) is 0 Å². The summed E-state index contributed by atoms with van der Waals surface area (Å²) in [5, 5.41) is 12.7. The molecule has 1 amide bonds. The second kappa shape index (κ2) is 9.80. The Labute approximate surface area is 165 Å². The van der Waals surface area contributed by atoms with E-state index in [1.165, 1.54) is 6.08 Å². The van der Waals surface area contributed by atoms with E-state index >= 15 is 0 Å². The first-order valence-electron chi connectivity index (χ1n) is 8.88. The molecule has 0 heterocycles. The Morgan fingerprint density at radius 2 is 1.96 bits per heavy atom. The fourth-order valence-electron chi connectivity index (χ4n) is 2.42. The van der Waals surface area contributed by atoms with Gasteiger partial charge in [-0.3, -0.25) is 4.79 Å². The molecule has 2 aromatic carbocycles. The normalized spacial score (nSPS) is 13.4. The number of hydrogen-bond acceptors (Lipinski definition) is 3. The van der Waals surface area contributed by atoms with Crippen molar-refractivity contribution in [3.05, 3.63) is 70.3 Å². The van der Waals surface area contributed by atoms with E-state index in [2.05, 4.69) is 5.32 Å². The molecule has 2 aromatic rings. The van der Waals surface area contributed by atoms with Crippen LogP contribution in [0.1, 0.15) is 44.4 Å². The van der Waals surface area contributed by atoms with Gasteiger partial charge in [0, 0.05) is 0 Å². The Morgan fingerprint density at radius 1 is 1.26 bits per heavy atom. The molecule has 140 valence electrons. The van der Waals surface area contributed by atoms with Crippen LogP contribution >= 0.6 is 11.6 Å². The SMILES string of the molecule is CC[C@@H](C)Oc1ccc(/C=C(/C#N)C(=O)N[C@H](C)c2ccccc2)cc1Cl. The van der Waals surface area contributed by atoms with Gasteiger partial charge in [0.1, 0.15) is 17.4 Å². The fourth-order valence-corrected chi connectivity index (χ4v) is 2.65. The molecule has 5 heteroatoms. The third-order valence-corrected chi connectivity index (χ3v) is 4.48. The third kappa shape index (κ3) is 5.87. The first-order valence-corrected chi connectivity index (χ1v) is 9.26. The molecular weight excluding hydrogens is 360 g/mol. The van der Waals surface area contributed by atoms with E-state index in [0.29, 0.717) is 16.3 Å². The Morgan fingerprint density at radius 3 is 2.56 bits per heavy atom. The first kappa shape index (κ1) is 20.5. The van der Waals surface area contributed by atoms with E-state index in [0.717, 1.165) is 12.0 Å². The van der Waals surface area contributed by atoms with Crippen LogP contribution < -0.4 is 10.1 Å². The minimum Gasteiger partial charge on any atom is -0.489 e. The Balaban J connectivity index is 2.14. The molecule has 2 atom stereocenters. The lowest BCUT2D eigenvalue weighted by molar-refractivity contribution is -0.117. The largest absolute Gasteiger partial charge is 0.489 e. The molecule has 1 N–H and O–H groups in total. The quantitative estimate of drug-likeness (QED) is 0.522. The molecule has 27 heavy (non-hydrogen) atoms. The number of carbonyl (C=O) groups is 1. The summed E-state index contributed by atoms with van der Waals surface area (Å²) in [4.78, 5) is 12.4. The number of carbonyl (C=O) groups excluding carboxylic acids is 1. The highest BCUT2D eigenvalue weighted by Gasteiger charge is 2.14. The molecule has 0 aromatic heterocycles. The minimum absolute atomic E-state index is 0.0180. The number of nitrogens with one attached hydrogen (secondary N) is 1. The second-order valence-corrected chi connectivity index (χ2v) is 6.71. The van der Waals surface area contributed by atoms with Crippen molar-refractivity contribution in [2.45, 2.75) is 39.3 Å². The molecule has 0 aliphatic rings. The van der Waals surface area contributed by atoms with Crippen LogP contribution in [0.25, 0.3) is 6.08 Å². The van der Waals surface area contributed by atoms with E-state index in [1.54, 1.807) is 18.2 Å². The summed E-state index contributed by atoms with van der Waals surface area (Å²) in [6, 6.07) is 16.5. The van der Waals surface area contributed by atoms with E-state index in [-0.39, 0.29) is 17.7 Å². The molecule has 2 rings (SSSR count). The van der Waals surface area contributed by atoms with Gasteiger partial charge in [-0.05, 0) is 49.6 Å². The number of nitriles is 1. The molecule has 0 bridgehead atoms. The number of rotatable bonds is 7. The summed E-state index contributed by atoms with van der Waals surface area (Å²) in [5.74, 6) is 0.161. The number of hydrogen-bond donors (Lipinski definition) is 1. The molecule has 0 unspecified atom stereocenters. The maximum atomic E-state index is 12.4. The van der Waals surface area contributed by atoms with Crippen molar-refractivity contribution >= 4 is 23.6 Å². The lowest BCUT2D eigenvalue weighted by Crippen LogP contribution is -2.27.